The average Bonchev–Trinajstić information content (AvgIpc) is 3.20. The number of ether oxygens (including phenoxy) is 1. The first kappa shape index (κ1) is 23.0. The molecule has 3 aromatic rings. The number of sulfonamides is 1. The van der Waals surface area contributed by atoms with Crippen LogP contribution in [0.1, 0.15) is 25.2 Å². The van der Waals surface area contributed by atoms with Gasteiger partial charge in [0.1, 0.15) is 5.75 Å². The SMILES string of the molecule is COc1ccc(S(=O)(=O)N[C@@H](C)C(=O)NC(CCSC)c2nnc3ccccn23)cc1. The maximum absolute atomic E-state index is 12.8. The molecule has 0 fully saturated rings. The standard InChI is InChI=1S/C20H25N5O4S2/c1-14(24-31(27,28)16-9-7-15(29-2)8-10-16)20(26)21-17(11-13-30-3)19-23-22-18-6-4-5-12-25(18)19/h4-10,12,14,17,24H,11,13H2,1-3H3,(H,21,26)/t14-,17?/m0/s1. The molecular weight excluding hydrogens is 438 g/mol. The summed E-state index contributed by atoms with van der Waals surface area (Å²) in [6.45, 7) is 1.50. The molecule has 1 unspecified atom stereocenters. The Labute approximate surface area is 185 Å². The Morgan fingerprint density at radius 2 is 1.94 bits per heavy atom. The van der Waals surface area contributed by atoms with Gasteiger partial charge in [-0.25, -0.2) is 8.42 Å². The lowest BCUT2D eigenvalue weighted by Crippen LogP contribution is -2.46. The number of rotatable bonds is 10. The van der Waals surface area contributed by atoms with Crippen LogP contribution < -0.4 is 14.8 Å². The Morgan fingerprint density at radius 1 is 1.19 bits per heavy atom. The van der Waals surface area contributed by atoms with E-state index >= 15 is 0 Å². The van der Waals surface area contributed by atoms with Crippen LogP contribution in [0.25, 0.3) is 5.65 Å². The van der Waals surface area contributed by atoms with Crippen molar-refractivity contribution in [3.8, 4) is 5.75 Å². The van der Waals surface area contributed by atoms with E-state index in [9.17, 15) is 13.2 Å². The number of methoxy groups -OCH3 is 1. The van der Waals surface area contributed by atoms with E-state index in [0.717, 1.165) is 5.75 Å². The lowest BCUT2D eigenvalue weighted by atomic mass is 10.2. The molecule has 9 nitrogen and oxygen atoms in total. The van der Waals surface area contributed by atoms with Crippen molar-refractivity contribution in [3.05, 3.63) is 54.5 Å². The van der Waals surface area contributed by atoms with Gasteiger partial charge in [0.05, 0.1) is 24.1 Å². The van der Waals surface area contributed by atoms with Crippen LogP contribution in [0.5, 0.6) is 5.75 Å². The molecule has 11 heteroatoms. The van der Waals surface area contributed by atoms with Gasteiger partial charge in [0.2, 0.25) is 15.9 Å². The number of nitrogens with one attached hydrogen (secondary N) is 2. The van der Waals surface area contributed by atoms with Crippen molar-refractivity contribution in [2.45, 2.75) is 30.3 Å². The molecule has 2 N–H and O–H groups in total. The number of thioether (sulfide) groups is 1. The van der Waals surface area contributed by atoms with Crippen molar-refractivity contribution in [1.29, 1.82) is 0 Å². The van der Waals surface area contributed by atoms with E-state index in [1.54, 1.807) is 23.9 Å². The highest BCUT2D eigenvalue weighted by atomic mass is 32.2. The van der Waals surface area contributed by atoms with Crippen LogP contribution in [0, 0.1) is 0 Å². The second-order valence-corrected chi connectivity index (χ2v) is 9.55. The first-order valence-corrected chi connectivity index (χ1v) is 12.5. The van der Waals surface area contributed by atoms with E-state index < -0.39 is 28.0 Å². The average molecular weight is 464 g/mol. The van der Waals surface area contributed by atoms with Gasteiger partial charge in [-0.2, -0.15) is 16.5 Å². The van der Waals surface area contributed by atoms with E-state index in [-0.39, 0.29) is 4.90 Å². The van der Waals surface area contributed by atoms with Gasteiger partial charge in [0.15, 0.2) is 11.5 Å². The molecule has 0 aliphatic rings. The van der Waals surface area contributed by atoms with Crippen molar-refractivity contribution in [2.24, 2.45) is 0 Å². The van der Waals surface area contributed by atoms with Crippen LogP contribution in [0.3, 0.4) is 0 Å². The van der Waals surface area contributed by atoms with Gasteiger partial charge in [-0.05, 0) is 61.8 Å². The van der Waals surface area contributed by atoms with Crippen molar-refractivity contribution >= 4 is 33.3 Å². The molecule has 0 aliphatic heterocycles. The Bertz CT molecular complexity index is 1130. The van der Waals surface area contributed by atoms with Crippen LogP contribution in [-0.4, -0.2) is 54.1 Å². The number of amides is 1. The van der Waals surface area contributed by atoms with Gasteiger partial charge >= 0.3 is 0 Å². The van der Waals surface area contributed by atoms with Crippen molar-refractivity contribution < 1.29 is 17.9 Å². The number of hydrogen-bond donors (Lipinski definition) is 2. The minimum absolute atomic E-state index is 0.0512. The van der Waals surface area contributed by atoms with E-state index in [0.29, 0.717) is 23.6 Å². The summed E-state index contributed by atoms with van der Waals surface area (Å²) >= 11 is 1.65. The zero-order valence-electron chi connectivity index (χ0n) is 17.5. The van der Waals surface area contributed by atoms with Crippen LogP contribution in [0.2, 0.25) is 0 Å². The van der Waals surface area contributed by atoms with E-state index in [4.69, 9.17) is 4.74 Å². The van der Waals surface area contributed by atoms with Gasteiger partial charge in [-0.3, -0.25) is 9.20 Å². The van der Waals surface area contributed by atoms with Crippen molar-refractivity contribution in [1.82, 2.24) is 24.6 Å². The summed E-state index contributed by atoms with van der Waals surface area (Å²) in [5.74, 6) is 1.49. The topological polar surface area (TPSA) is 115 Å². The smallest absolute Gasteiger partial charge is 0.241 e. The minimum atomic E-state index is -3.87. The molecule has 1 amide bonds. The molecule has 2 aromatic heterocycles. The fraction of sp³-hybridized carbons (Fsp3) is 0.350. The highest BCUT2D eigenvalue weighted by Crippen LogP contribution is 2.19. The monoisotopic (exact) mass is 463 g/mol. The molecule has 2 atom stereocenters. The van der Waals surface area contributed by atoms with E-state index in [2.05, 4.69) is 20.2 Å². The summed E-state index contributed by atoms with van der Waals surface area (Å²) in [4.78, 5) is 12.9. The molecule has 1 aromatic carbocycles. The maximum Gasteiger partial charge on any atom is 0.241 e. The zero-order chi connectivity index (χ0) is 22.4. The molecule has 2 heterocycles. The van der Waals surface area contributed by atoms with Crippen molar-refractivity contribution in [3.63, 3.8) is 0 Å². The molecule has 0 radical (unpaired) electrons. The summed E-state index contributed by atoms with van der Waals surface area (Å²) in [6, 6.07) is 10.1. The lowest BCUT2D eigenvalue weighted by Gasteiger charge is -2.20. The third-order valence-electron chi connectivity index (χ3n) is 4.67. The van der Waals surface area contributed by atoms with Gasteiger partial charge in [-0.1, -0.05) is 6.07 Å². The lowest BCUT2D eigenvalue weighted by molar-refractivity contribution is -0.123. The Hall–Kier alpha value is -2.63. The number of carbonyl (C=O) groups is 1. The molecule has 0 aliphatic carbocycles. The normalized spacial score (nSPS) is 13.6. The number of fused-ring (bicyclic) bond motifs is 1. The Balaban J connectivity index is 1.74. The number of nitrogens with zero attached hydrogens (tertiary/aromatic N) is 3. The number of benzene rings is 1. The summed E-state index contributed by atoms with van der Waals surface area (Å²) in [5, 5.41) is 11.3. The highest BCUT2D eigenvalue weighted by Gasteiger charge is 2.26. The predicted molar refractivity (Wildman–Crippen MR) is 120 cm³/mol. The second kappa shape index (κ2) is 10.1. The third-order valence-corrected chi connectivity index (χ3v) is 6.87. The number of aromatic nitrogens is 3. The Morgan fingerprint density at radius 3 is 2.61 bits per heavy atom. The molecule has 0 bridgehead atoms. The Kier molecular flexibility index (Phi) is 7.52. The van der Waals surface area contributed by atoms with Crippen LogP contribution in [0.4, 0.5) is 0 Å². The highest BCUT2D eigenvalue weighted by molar-refractivity contribution is 7.98. The first-order chi connectivity index (χ1) is 14.9. The van der Waals surface area contributed by atoms with Crippen LogP contribution in [-0.2, 0) is 14.8 Å². The van der Waals surface area contributed by atoms with Gasteiger partial charge in [0, 0.05) is 6.20 Å². The van der Waals surface area contributed by atoms with E-state index in [1.807, 2.05) is 35.1 Å². The minimum Gasteiger partial charge on any atom is -0.497 e. The second-order valence-electron chi connectivity index (χ2n) is 6.85. The fourth-order valence-corrected chi connectivity index (χ4v) is 4.68. The summed E-state index contributed by atoms with van der Waals surface area (Å²) < 4.78 is 34.6. The number of carbonyl (C=O) groups excluding carboxylic acids is 1. The maximum atomic E-state index is 12.8. The number of pyridine rings is 1. The molecule has 0 saturated heterocycles. The zero-order valence-corrected chi connectivity index (χ0v) is 19.1. The molecular formula is C20H25N5O4S2. The molecule has 31 heavy (non-hydrogen) atoms. The molecule has 166 valence electrons. The van der Waals surface area contributed by atoms with Crippen molar-refractivity contribution in [2.75, 3.05) is 19.1 Å². The molecule has 3 rings (SSSR count). The summed E-state index contributed by atoms with van der Waals surface area (Å²) in [7, 11) is -2.37. The summed E-state index contributed by atoms with van der Waals surface area (Å²) in [6.07, 6.45) is 4.44. The quantitative estimate of drug-likeness (QED) is 0.473. The first-order valence-electron chi connectivity index (χ1n) is 9.61. The largest absolute Gasteiger partial charge is 0.497 e. The van der Waals surface area contributed by atoms with Crippen LogP contribution >= 0.6 is 11.8 Å². The van der Waals surface area contributed by atoms with Gasteiger partial charge < -0.3 is 10.1 Å². The summed E-state index contributed by atoms with van der Waals surface area (Å²) in [5.41, 5.74) is 0.675. The van der Waals surface area contributed by atoms with Gasteiger partial charge in [0.25, 0.3) is 0 Å². The fourth-order valence-electron chi connectivity index (χ4n) is 3.00. The predicted octanol–water partition coefficient (Wildman–Crippen LogP) is 2.02. The van der Waals surface area contributed by atoms with Gasteiger partial charge in [-0.15, -0.1) is 10.2 Å². The van der Waals surface area contributed by atoms with E-state index in [1.165, 1.54) is 26.2 Å². The van der Waals surface area contributed by atoms with Crippen LogP contribution in [0.15, 0.2) is 53.6 Å². The molecule has 0 spiro atoms. The molecule has 0 saturated carbocycles. The number of hydrogen-bond acceptors (Lipinski definition) is 7. The third kappa shape index (κ3) is 5.54.